The molecule has 0 aliphatic rings. The van der Waals surface area contributed by atoms with Gasteiger partial charge in [0.25, 0.3) is 0 Å². The summed E-state index contributed by atoms with van der Waals surface area (Å²) in [5, 5.41) is 6.59. The fourth-order valence-corrected chi connectivity index (χ4v) is 5.92. The second-order valence-corrected chi connectivity index (χ2v) is 18.0. The van der Waals surface area contributed by atoms with Crippen molar-refractivity contribution in [3.05, 3.63) is 33.4 Å². The van der Waals surface area contributed by atoms with Gasteiger partial charge in [0.05, 0.1) is 24.3 Å². The van der Waals surface area contributed by atoms with Crippen LogP contribution < -0.4 is 14.5 Å². The van der Waals surface area contributed by atoms with E-state index >= 15 is 0 Å². The second-order valence-electron chi connectivity index (χ2n) is 11.5. The normalized spacial score (nSPS) is 13.0. The molecule has 0 fully saturated rings. The molecule has 0 aliphatic carbocycles. The van der Waals surface area contributed by atoms with E-state index in [1.165, 1.54) is 26.0 Å². The third-order valence-electron chi connectivity index (χ3n) is 6.14. The number of thioether (sulfide) groups is 1. The van der Waals surface area contributed by atoms with Crippen molar-refractivity contribution in [2.45, 2.75) is 84.0 Å². The molecule has 1 atom stereocenters. The molecule has 0 saturated heterocycles. The molecule has 39 heavy (non-hydrogen) atoms. The summed E-state index contributed by atoms with van der Waals surface area (Å²) < 4.78 is 28.6. The van der Waals surface area contributed by atoms with Crippen molar-refractivity contribution in [1.82, 2.24) is 15.5 Å². The number of ether oxygens (including phenoxy) is 3. The summed E-state index contributed by atoms with van der Waals surface area (Å²) in [7, 11) is 0.572. The molecular weight excluding hydrogens is 606 g/mol. The molecule has 0 spiro atoms. The summed E-state index contributed by atoms with van der Waals surface area (Å²) in [5.41, 5.74) is 0.304. The first-order valence-corrected chi connectivity index (χ1v) is 17.3. The van der Waals surface area contributed by atoms with E-state index in [4.69, 9.17) is 23.2 Å². The van der Waals surface area contributed by atoms with E-state index in [1.54, 1.807) is 33.8 Å². The van der Waals surface area contributed by atoms with Crippen LogP contribution in [0.25, 0.3) is 0 Å². The number of amides is 1. The molecule has 0 saturated carbocycles. The monoisotopic (exact) mass is 645 g/mol. The summed E-state index contributed by atoms with van der Waals surface area (Å²) in [6, 6.07) is 1.17. The maximum atomic E-state index is 13.0. The van der Waals surface area contributed by atoms with Crippen LogP contribution >= 0.6 is 27.7 Å². The van der Waals surface area contributed by atoms with Crippen molar-refractivity contribution in [2.24, 2.45) is 0 Å². The molecule has 0 bridgehead atoms. The highest BCUT2D eigenvalue weighted by Gasteiger charge is 2.40. The van der Waals surface area contributed by atoms with Gasteiger partial charge in [0, 0.05) is 23.1 Å². The summed E-state index contributed by atoms with van der Waals surface area (Å²) in [6.07, 6.45) is -0.603. The van der Waals surface area contributed by atoms with E-state index in [2.05, 4.69) is 65.3 Å². The van der Waals surface area contributed by atoms with Crippen molar-refractivity contribution in [1.29, 1.82) is 0 Å². The fraction of sp³-hybridized carbons (Fsp3) is 0.615. The largest absolute Gasteiger partial charge is 0.543 e. The number of alkyl carbamates (subject to hydrolysis) is 1. The van der Waals surface area contributed by atoms with Gasteiger partial charge in [0.15, 0.2) is 5.82 Å². The van der Waals surface area contributed by atoms with Crippen molar-refractivity contribution >= 4 is 48.1 Å². The zero-order valence-electron chi connectivity index (χ0n) is 24.6. The van der Waals surface area contributed by atoms with Crippen LogP contribution in [-0.2, 0) is 15.2 Å². The quantitative estimate of drug-likeness (QED) is 0.217. The Bertz CT molecular complexity index is 1180. The molecule has 0 radical (unpaired) electrons. The predicted octanol–water partition coefficient (Wildman–Crippen LogP) is 6.82. The number of nitrogens with one attached hydrogen (secondary N) is 1. The molecule has 0 aliphatic heterocycles. The first kappa shape index (κ1) is 33.0. The number of benzene rings is 1. The number of hydrogen-bond acceptors (Lipinski definition) is 10. The van der Waals surface area contributed by atoms with Gasteiger partial charge in [0.1, 0.15) is 23.1 Å². The van der Waals surface area contributed by atoms with Crippen LogP contribution in [0.2, 0.25) is 18.1 Å². The highest BCUT2D eigenvalue weighted by Crippen LogP contribution is 2.44. The average molecular weight is 647 g/mol. The van der Waals surface area contributed by atoms with E-state index in [0.29, 0.717) is 44.4 Å². The average Bonchev–Trinajstić information content (AvgIpc) is 3.23. The van der Waals surface area contributed by atoms with Crippen LogP contribution in [-0.4, -0.2) is 56.1 Å². The Morgan fingerprint density at radius 2 is 1.79 bits per heavy atom. The van der Waals surface area contributed by atoms with Crippen LogP contribution in [0, 0.1) is 6.92 Å². The van der Waals surface area contributed by atoms with Gasteiger partial charge in [-0.2, -0.15) is 16.7 Å². The van der Waals surface area contributed by atoms with Crippen molar-refractivity contribution in [3.8, 4) is 11.5 Å². The Labute approximate surface area is 244 Å². The Kier molecular flexibility index (Phi) is 10.9. The lowest BCUT2D eigenvalue weighted by Crippen LogP contribution is -2.44. The van der Waals surface area contributed by atoms with E-state index < -0.39 is 32.0 Å². The number of carbonyl (C=O) groups is 2. The maximum absolute atomic E-state index is 13.0. The van der Waals surface area contributed by atoms with Crippen molar-refractivity contribution in [3.63, 3.8) is 0 Å². The van der Waals surface area contributed by atoms with E-state index in [-0.39, 0.29) is 10.9 Å². The molecule has 1 unspecified atom stereocenters. The van der Waals surface area contributed by atoms with Gasteiger partial charge >= 0.3 is 12.1 Å². The maximum Gasteiger partial charge on any atom is 0.408 e. The third kappa shape index (κ3) is 8.87. The standard InChI is InChI=1S/C26H40BrN3O7SSi/c1-15-28-22(36-30-15)17(29-24(32)35-25(2,3)4)14-38-13-16-18(37-39(10,11)26(5,6)7)12-19(33-8)21(27)20(16)23(31)34-9/h12,17H,13-14H2,1-11H3,(H,29,32). The minimum Gasteiger partial charge on any atom is -0.543 e. The third-order valence-corrected chi connectivity index (χ3v) is 12.3. The summed E-state index contributed by atoms with van der Waals surface area (Å²) in [5.74, 6) is 1.91. The van der Waals surface area contributed by atoms with Gasteiger partial charge in [-0.3, -0.25) is 0 Å². The molecule has 1 heterocycles. The molecule has 13 heteroatoms. The first-order chi connectivity index (χ1) is 17.9. The molecule has 1 N–H and O–H groups in total. The Morgan fingerprint density at radius 1 is 1.15 bits per heavy atom. The van der Waals surface area contributed by atoms with Gasteiger partial charge in [-0.25, -0.2) is 9.59 Å². The summed E-state index contributed by atoms with van der Waals surface area (Å²) in [6.45, 7) is 17.8. The number of rotatable bonds is 10. The molecule has 218 valence electrons. The lowest BCUT2D eigenvalue weighted by Gasteiger charge is -2.37. The lowest BCUT2D eigenvalue weighted by atomic mass is 10.1. The number of halogens is 1. The molecule has 10 nitrogen and oxygen atoms in total. The van der Waals surface area contributed by atoms with Crippen LogP contribution in [0.3, 0.4) is 0 Å². The molecule has 1 aromatic heterocycles. The van der Waals surface area contributed by atoms with Crippen molar-refractivity contribution < 1.29 is 32.7 Å². The smallest absolute Gasteiger partial charge is 0.408 e. The van der Waals surface area contributed by atoms with Gasteiger partial charge in [-0.1, -0.05) is 25.9 Å². The highest BCUT2D eigenvalue weighted by molar-refractivity contribution is 9.10. The zero-order chi connectivity index (χ0) is 29.8. The van der Waals surface area contributed by atoms with Crippen LogP contribution in [0.15, 0.2) is 15.1 Å². The molecule has 1 amide bonds. The van der Waals surface area contributed by atoms with Crippen molar-refractivity contribution in [2.75, 3.05) is 20.0 Å². The Morgan fingerprint density at radius 3 is 2.28 bits per heavy atom. The van der Waals surface area contributed by atoms with E-state index in [9.17, 15) is 9.59 Å². The van der Waals surface area contributed by atoms with Gasteiger partial charge in [-0.15, -0.1) is 0 Å². The first-order valence-electron chi connectivity index (χ1n) is 12.4. The van der Waals surface area contributed by atoms with Crippen LogP contribution in [0.5, 0.6) is 11.5 Å². The van der Waals surface area contributed by atoms with Gasteiger partial charge < -0.3 is 28.5 Å². The number of esters is 1. The topological polar surface area (TPSA) is 122 Å². The number of nitrogens with zero attached hydrogens (tertiary/aromatic N) is 2. The van der Waals surface area contributed by atoms with E-state index in [1.807, 2.05) is 0 Å². The summed E-state index contributed by atoms with van der Waals surface area (Å²) in [4.78, 5) is 29.8. The zero-order valence-corrected chi connectivity index (χ0v) is 28.0. The van der Waals surface area contributed by atoms with Crippen LogP contribution in [0.1, 0.15) is 75.2 Å². The molecule has 2 rings (SSSR count). The minimum absolute atomic E-state index is 0.0819. The number of methoxy groups -OCH3 is 2. The second kappa shape index (κ2) is 12.9. The number of aryl methyl sites for hydroxylation is 1. The number of aromatic nitrogens is 2. The SMILES string of the molecule is COC(=O)c1c(Br)c(OC)cc(O[Si](C)(C)C(C)(C)C)c1CSCC(NC(=O)OC(C)(C)C)c1nc(C)no1. The molecule has 2 aromatic rings. The minimum atomic E-state index is -2.29. The number of hydrogen-bond donors (Lipinski definition) is 1. The van der Waals surface area contributed by atoms with Crippen LogP contribution in [0.4, 0.5) is 4.79 Å². The highest BCUT2D eigenvalue weighted by atomic mass is 79.9. The Hall–Kier alpha value is -2.25. The van der Waals surface area contributed by atoms with Gasteiger partial charge in [-0.05, 0) is 61.8 Å². The number of carbonyl (C=O) groups excluding carboxylic acids is 2. The molecule has 1 aromatic carbocycles. The fourth-order valence-electron chi connectivity index (χ4n) is 3.13. The van der Waals surface area contributed by atoms with Gasteiger partial charge in [0.2, 0.25) is 14.2 Å². The van der Waals surface area contributed by atoms with E-state index in [0.717, 1.165) is 0 Å². The summed E-state index contributed by atoms with van der Waals surface area (Å²) >= 11 is 4.98. The predicted molar refractivity (Wildman–Crippen MR) is 157 cm³/mol. The Balaban J connectivity index is 2.46. The molecular formula is C26H40BrN3O7SSi. The lowest BCUT2D eigenvalue weighted by molar-refractivity contribution is 0.0499.